The highest BCUT2D eigenvalue weighted by Crippen LogP contribution is 2.35. The van der Waals surface area contributed by atoms with E-state index in [0.717, 1.165) is 22.9 Å². The molecule has 4 heteroatoms. The summed E-state index contributed by atoms with van der Waals surface area (Å²) in [5.74, 6) is 1.44. The van der Waals surface area contributed by atoms with Crippen molar-refractivity contribution in [1.29, 1.82) is 0 Å². The Kier molecular flexibility index (Phi) is 3.45. The van der Waals surface area contributed by atoms with Crippen molar-refractivity contribution in [3.8, 4) is 11.5 Å². The van der Waals surface area contributed by atoms with Crippen LogP contribution in [0.1, 0.15) is 0 Å². The fraction of sp³-hybridized carbons (Fsp3) is 0.400. The van der Waals surface area contributed by atoms with Crippen molar-refractivity contribution < 1.29 is 9.47 Å². The zero-order chi connectivity index (χ0) is 10.6. The summed E-state index contributed by atoms with van der Waals surface area (Å²) in [7, 11) is 6.97. The lowest BCUT2D eigenvalue weighted by Gasteiger charge is -2.13. The van der Waals surface area contributed by atoms with Crippen LogP contribution in [0.15, 0.2) is 12.1 Å². The van der Waals surface area contributed by atoms with Crippen molar-refractivity contribution in [2.45, 2.75) is 0 Å². The van der Waals surface area contributed by atoms with Crippen LogP contribution >= 0.6 is 0 Å². The topological polar surface area (TPSA) is 42.5 Å². The molecule has 0 aliphatic rings. The van der Waals surface area contributed by atoms with Gasteiger partial charge in [0.2, 0.25) is 0 Å². The quantitative estimate of drug-likeness (QED) is 0.770. The number of hydrogen-bond donors (Lipinski definition) is 2. The predicted molar refractivity (Wildman–Crippen MR) is 58.6 cm³/mol. The fourth-order valence-corrected chi connectivity index (χ4v) is 1.29. The number of hydrogen-bond acceptors (Lipinski definition) is 4. The van der Waals surface area contributed by atoms with Gasteiger partial charge in [-0.3, -0.25) is 0 Å². The van der Waals surface area contributed by atoms with Gasteiger partial charge in [0.15, 0.2) is 11.5 Å². The number of anilines is 2. The van der Waals surface area contributed by atoms with Gasteiger partial charge in [0, 0.05) is 26.2 Å². The Balaban J connectivity index is 3.20. The molecule has 0 fully saturated rings. The number of methoxy groups -OCH3 is 2. The molecule has 2 N–H and O–H groups in total. The summed E-state index contributed by atoms with van der Waals surface area (Å²) < 4.78 is 10.4. The highest BCUT2D eigenvalue weighted by Gasteiger charge is 2.08. The van der Waals surface area contributed by atoms with Crippen LogP contribution in [0, 0.1) is 0 Å². The van der Waals surface area contributed by atoms with Crippen molar-refractivity contribution in [3.63, 3.8) is 0 Å². The SMILES string of the molecule is CNc1cc(OC)c(OC)cc1NC. The number of nitrogens with one attached hydrogen (secondary N) is 2. The predicted octanol–water partition coefficient (Wildman–Crippen LogP) is 1.79. The summed E-state index contributed by atoms with van der Waals surface area (Å²) >= 11 is 0. The average molecular weight is 196 g/mol. The second kappa shape index (κ2) is 4.60. The van der Waals surface area contributed by atoms with Gasteiger partial charge in [0.25, 0.3) is 0 Å². The Morgan fingerprint density at radius 2 is 1.21 bits per heavy atom. The lowest BCUT2D eigenvalue weighted by Crippen LogP contribution is -1.99. The molecule has 0 heterocycles. The van der Waals surface area contributed by atoms with Crippen LogP contribution in [0.2, 0.25) is 0 Å². The fourth-order valence-electron chi connectivity index (χ4n) is 1.29. The largest absolute Gasteiger partial charge is 0.493 e. The van der Waals surface area contributed by atoms with Gasteiger partial charge < -0.3 is 20.1 Å². The molecular formula is C10H16N2O2. The molecule has 0 bridgehead atoms. The summed E-state index contributed by atoms with van der Waals surface area (Å²) in [6.45, 7) is 0. The average Bonchev–Trinajstić information content (AvgIpc) is 2.26. The maximum absolute atomic E-state index is 5.19. The zero-order valence-corrected chi connectivity index (χ0v) is 8.97. The van der Waals surface area contributed by atoms with E-state index in [2.05, 4.69) is 10.6 Å². The molecule has 1 aromatic rings. The number of ether oxygens (including phenoxy) is 2. The summed E-state index contributed by atoms with van der Waals surface area (Å²) in [4.78, 5) is 0. The Hall–Kier alpha value is -1.58. The van der Waals surface area contributed by atoms with Gasteiger partial charge in [0.05, 0.1) is 25.6 Å². The van der Waals surface area contributed by atoms with Gasteiger partial charge in [0.1, 0.15) is 0 Å². The van der Waals surface area contributed by atoms with E-state index in [1.165, 1.54) is 0 Å². The van der Waals surface area contributed by atoms with Gasteiger partial charge >= 0.3 is 0 Å². The minimum absolute atomic E-state index is 0.718. The van der Waals surface area contributed by atoms with Crippen LogP contribution in [0.25, 0.3) is 0 Å². The standard InChI is InChI=1S/C10H16N2O2/c1-11-7-5-9(13-3)10(14-4)6-8(7)12-2/h5-6,11-12H,1-4H3. The van der Waals surface area contributed by atoms with Crippen LogP contribution in [0.4, 0.5) is 11.4 Å². The third-order valence-electron chi connectivity index (χ3n) is 2.06. The highest BCUT2D eigenvalue weighted by atomic mass is 16.5. The Bertz CT molecular complexity index is 255. The molecule has 0 aliphatic carbocycles. The first-order valence-electron chi connectivity index (χ1n) is 4.38. The molecular weight excluding hydrogens is 180 g/mol. The van der Waals surface area contributed by atoms with Gasteiger partial charge in [-0.2, -0.15) is 0 Å². The smallest absolute Gasteiger partial charge is 0.162 e. The summed E-state index contributed by atoms with van der Waals surface area (Å²) in [5.41, 5.74) is 1.95. The zero-order valence-electron chi connectivity index (χ0n) is 8.97. The molecule has 0 unspecified atom stereocenters. The molecule has 14 heavy (non-hydrogen) atoms. The minimum atomic E-state index is 0.718. The molecule has 0 atom stereocenters. The molecule has 0 aromatic heterocycles. The third kappa shape index (κ3) is 1.84. The maximum atomic E-state index is 5.19. The minimum Gasteiger partial charge on any atom is -0.493 e. The van der Waals surface area contributed by atoms with E-state index in [1.807, 2.05) is 26.2 Å². The molecule has 0 spiro atoms. The second-order valence-corrected chi connectivity index (χ2v) is 2.75. The summed E-state index contributed by atoms with van der Waals surface area (Å²) in [6, 6.07) is 3.79. The Morgan fingerprint density at radius 3 is 1.43 bits per heavy atom. The van der Waals surface area contributed by atoms with Crippen LogP contribution in [-0.4, -0.2) is 28.3 Å². The molecule has 0 radical (unpaired) electrons. The molecule has 4 nitrogen and oxygen atoms in total. The van der Waals surface area contributed by atoms with Crippen LogP contribution in [-0.2, 0) is 0 Å². The molecule has 1 rings (SSSR count). The molecule has 0 amide bonds. The lowest BCUT2D eigenvalue weighted by atomic mass is 10.2. The van der Waals surface area contributed by atoms with Gasteiger partial charge in [-0.25, -0.2) is 0 Å². The van der Waals surface area contributed by atoms with E-state index in [-0.39, 0.29) is 0 Å². The van der Waals surface area contributed by atoms with Crippen molar-refractivity contribution in [2.75, 3.05) is 38.9 Å². The number of benzene rings is 1. The molecule has 78 valence electrons. The van der Waals surface area contributed by atoms with E-state index in [9.17, 15) is 0 Å². The van der Waals surface area contributed by atoms with Crippen LogP contribution in [0.3, 0.4) is 0 Å². The van der Waals surface area contributed by atoms with E-state index < -0.39 is 0 Å². The van der Waals surface area contributed by atoms with Crippen LogP contribution < -0.4 is 20.1 Å². The first-order chi connectivity index (χ1) is 6.76. The number of rotatable bonds is 4. The highest BCUT2D eigenvalue weighted by molar-refractivity contribution is 5.73. The van der Waals surface area contributed by atoms with E-state index in [1.54, 1.807) is 14.2 Å². The summed E-state index contributed by atoms with van der Waals surface area (Å²) in [5, 5.41) is 6.15. The molecule has 0 aliphatic heterocycles. The van der Waals surface area contributed by atoms with E-state index >= 15 is 0 Å². The van der Waals surface area contributed by atoms with Crippen molar-refractivity contribution in [2.24, 2.45) is 0 Å². The monoisotopic (exact) mass is 196 g/mol. The molecule has 1 aromatic carbocycles. The first-order valence-corrected chi connectivity index (χ1v) is 4.38. The van der Waals surface area contributed by atoms with E-state index in [0.29, 0.717) is 0 Å². The van der Waals surface area contributed by atoms with Gasteiger partial charge in [-0.05, 0) is 0 Å². The first kappa shape index (κ1) is 10.5. The van der Waals surface area contributed by atoms with Crippen LogP contribution in [0.5, 0.6) is 11.5 Å². The normalized spacial score (nSPS) is 9.43. The second-order valence-electron chi connectivity index (χ2n) is 2.75. The van der Waals surface area contributed by atoms with Crippen molar-refractivity contribution >= 4 is 11.4 Å². The summed E-state index contributed by atoms with van der Waals surface area (Å²) in [6.07, 6.45) is 0. The Labute approximate surface area is 84.2 Å². The van der Waals surface area contributed by atoms with Crippen molar-refractivity contribution in [3.05, 3.63) is 12.1 Å². The van der Waals surface area contributed by atoms with Crippen molar-refractivity contribution in [1.82, 2.24) is 0 Å². The Morgan fingerprint density at radius 1 is 0.857 bits per heavy atom. The molecule has 0 saturated carbocycles. The maximum Gasteiger partial charge on any atom is 0.162 e. The van der Waals surface area contributed by atoms with Gasteiger partial charge in [-0.15, -0.1) is 0 Å². The third-order valence-corrected chi connectivity index (χ3v) is 2.06. The van der Waals surface area contributed by atoms with E-state index in [4.69, 9.17) is 9.47 Å². The molecule has 0 saturated heterocycles. The lowest BCUT2D eigenvalue weighted by molar-refractivity contribution is 0.355. The van der Waals surface area contributed by atoms with Gasteiger partial charge in [-0.1, -0.05) is 0 Å².